The van der Waals surface area contributed by atoms with Crippen molar-refractivity contribution in [3.05, 3.63) is 69.8 Å². The number of aliphatic carboxylic acids is 1. The van der Waals surface area contributed by atoms with Gasteiger partial charge >= 0.3 is 5.97 Å². The van der Waals surface area contributed by atoms with Gasteiger partial charge in [-0.25, -0.2) is 0 Å². The van der Waals surface area contributed by atoms with Gasteiger partial charge in [-0.1, -0.05) is 26.0 Å². The van der Waals surface area contributed by atoms with Crippen LogP contribution in [-0.2, 0) is 21.4 Å². The molecule has 0 aliphatic heterocycles. The molecule has 0 atom stereocenters. The number of carboxylic acid groups (broad SMARTS) is 1. The minimum Gasteiger partial charge on any atom is -0.491 e. The summed E-state index contributed by atoms with van der Waals surface area (Å²) in [6.07, 6.45) is 0.626. The second-order valence-corrected chi connectivity index (χ2v) is 8.28. The van der Waals surface area contributed by atoms with Crippen molar-refractivity contribution >= 4 is 17.3 Å². The molecule has 0 aromatic heterocycles. The van der Waals surface area contributed by atoms with Crippen molar-refractivity contribution in [3.63, 3.8) is 0 Å². The average molecular weight is 417 g/mol. The van der Waals surface area contributed by atoms with Gasteiger partial charge in [-0.3, -0.25) is 9.59 Å². The zero-order valence-corrected chi connectivity index (χ0v) is 17.5. The highest BCUT2D eigenvalue weighted by molar-refractivity contribution is 6.33. The first-order valence-electron chi connectivity index (χ1n) is 10.2. The molecule has 0 saturated heterocycles. The molecule has 158 valence electrons. The van der Waals surface area contributed by atoms with Crippen molar-refractivity contribution in [2.75, 3.05) is 19.8 Å². The Bertz CT molecular complexity index is 1150. The molecule has 1 N–H and O–H groups in total. The molecule has 0 saturated carbocycles. The molecule has 0 unspecified atom stereocenters. The van der Waals surface area contributed by atoms with Gasteiger partial charge in [0.05, 0.1) is 31.3 Å². The number of hydrogen-bond donors (Lipinski definition) is 1. The van der Waals surface area contributed by atoms with E-state index in [1.165, 1.54) is 0 Å². The van der Waals surface area contributed by atoms with E-state index in [0.717, 1.165) is 27.8 Å². The quantitative estimate of drug-likeness (QED) is 0.686. The zero-order valence-electron chi connectivity index (χ0n) is 17.5. The summed E-state index contributed by atoms with van der Waals surface area (Å²) in [5.41, 5.74) is 5.65. The number of allylic oxidation sites excluding steroid dienone is 2. The molecule has 31 heavy (non-hydrogen) atoms. The molecule has 0 heterocycles. The van der Waals surface area contributed by atoms with Gasteiger partial charge < -0.3 is 14.6 Å². The van der Waals surface area contributed by atoms with Gasteiger partial charge in [0.25, 0.3) is 0 Å². The summed E-state index contributed by atoms with van der Waals surface area (Å²) in [5, 5.41) is 17.8. The Balaban J connectivity index is 1.56. The third-order valence-electron chi connectivity index (χ3n) is 6.02. The fraction of sp³-hybridized carbons (Fsp3) is 0.320. The van der Waals surface area contributed by atoms with Gasteiger partial charge in [-0.15, -0.1) is 0 Å². The lowest BCUT2D eigenvalue weighted by Gasteiger charge is -2.34. The highest BCUT2D eigenvalue weighted by Crippen LogP contribution is 2.50. The standard InChI is InChI=1S/C25H23NO5/c1-25(2)20-6-4-17(31-10-9-30-8-7-22(27)28)13-19(20)24(29)23-18-5-3-15(14-26)11-16(18)12-21(23)25/h3-6,11,13H,7-10,12H2,1-2H3,(H,27,28). The largest absolute Gasteiger partial charge is 0.491 e. The Kier molecular flexibility index (Phi) is 5.38. The van der Waals surface area contributed by atoms with Gasteiger partial charge in [0.2, 0.25) is 0 Å². The molecule has 6 nitrogen and oxygen atoms in total. The topological polar surface area (TPSA) is 96.6 Å². The molecule has 0 amide bonds. The fourth-order valence-corrected chi connectivity index (χ4v) is 4.41. The third-order valence-corrected chi connectivity index (χ3v) is 6.02. The first-order chi connectivity index (χ1) is 14.8. The van der Waals surface area contributed by atoms with E-state index in [4.69, 9.17) is 14.6 Å². The average Bonchev–Trinajstić information content (AvgIpc) is 3.14. The van der Waals surface area contributed by atoms with E-state index in [2.05, 4.69) is 19.9 Å². The van der Waals surface area contributed by atoms with Crippen LogP contribution < -0.4 is 4.74 Å². The zero-order chi connectivity index (χ0) is 22.2. The summed E-state index contributed by atoms with van der Waals surface area (Å²) in [7, 11) is 0. The number of nitrogens with zero attached hydrogens (tertiary/aromatic N) is 1. The lowest BCUT2D eigenvalue weighted by atomic mass is 9.68. The molecular weight excluding hydrogens is 394 g/mol. The van der Waals surface area contributed by atoms with Crippen molar-refractivity contribution in [2.45, 2.75) is 32.1 Å². The van der Waals surface area contributed by atoms with Crippen molar-refractivity contribution in [1.29, 1.82) is 5.26 Å². The first-order valence-corrected chi connectivity index (χ1v) is 10.2. The number of carbonyl (C=O) groups is 2. The number of carbonyl (C=O) groups excluding carboxylic acids is 1. The molecule has 0 bridgehead atoms. The molecule has 4 rings (SSSR count). The van der Waals surface area contributed by atoms with Crippen LogP contribution in [0.25, 0.3) is 5.57 Å². The number of rotatable bonds is 7. The predicted octanol–water partition coefficient (Wildman–Crippen LogP) is 3.91. The van der Waals surface area contributed by atoms with E-state index >= 15 is 0 Å². The van der Waals surface area contributed by atoms with E-state index in [1.807, 2.05) is 24.3 Å². The Morgan fingerprint density at radius 1 is 1.13 bits per heavy atom. The Morgan fingerprint density at radius 3 is 2.68 bits per heavy atom. The Hall–Kier alpha value is -3.43. The fourth-order valence-electron chi connectivity index (χ4n) is 4.41. The summed E-state index contributed by atoms with van der Waals surface area (Å²) in [6, 6.07) is 13.3. The highest BCUT2D eigenvalue weighted by Gasteiger charge is 2.42. The van der Waals surface area contributed by atoms with Crippen LogP contribution >= 0.6 is 0 Å². The van der Waals surface area contributed by atoms with E-state index < -0.39 is 5.97 Å². The van der Waals surface area contributed by atoms with E-state index in [-0.39, 0.29) is 37.4 Å². The van der Waals surface area contributed by atoms with Gasteiger partial charge in [0.1, 0.15) is 12.4 Å². The third kappa shape index (κ3) is 3.73. The van der Waals surface area contributed by atoms with E-state index in [0.29, 0.717) is 23.3 Å². The van der Waals surface area contributed by atoms with Crippen molar-refractivity contribution in [1.82, 2.24) is 0 Å². The molecule has 2 aliphatic rings. The molecule has 2 aliphatic carbocycles. The number of benzene rings is 2. The van der Waals surface area contributed by atoms with Crippen LogP contribution in [-0.4, -0.2) is 36.7 Å². The lowest BCUT2D eigenvalue weighted by molar-refractivity contribution is -0.138. The SMILES string of the molecule is CC1(C)C2=C(C(=O)c3cc(OCCOCCC(=O)O)ccc31)c1ccc(C#N)cc1C2. The predicted molar refractivity (Wildman–Crippen MR) is 114 cm³/mol. The molecule has 0 radical (unpaired) electrons. The number of carboxylic acids is 1. The van der Waals surface area contributed by atoms with Gasteiger partial charge in [0.15, 0.2) is 5.78 Å². The molecule has 0 spiro atoms. The maximum absolute atomic E-state index is 13.5. The van der Waals surface area contributed by atoms with Crippen LogP contribution in [0.3, 0.4) is 0 Å². The number of ketones is 1. The van der Waals surface area contributed by atoms with Crippen molar-refractivity contribution in [3.8, 4) is 11.8 Å². The molecule has 6 heteroatoms. The molecular formula is C25H23NO5. The van der Waals surface area contributed by atoms with Crippen LogP contribution in [0.1, 0.15) is 52.9 Å². The summed E-state index contributed by atoms with van der Waals surface area (Å²) in [6.45, 7) is 4.93. The minimum atomic E-state index is -0.900. The van der Waals surface area contributed by atoms with Crippen molar-refractivity contribution < 1.29 is 24.2 Å². The van der Waals surface area contributed by atoms with Crippen LogP contribution in [0.15, 0.2) is 42.0 Å². The monoisotopic (exact) mass is 417 g/mol. The van der Waals surface area contributed by atoms with Gasteiger partial charge in [0, 0.05) is 16.6 Å². The van der Waals surface area contributed by atoms with Gasteiger partial charge in [-0.2, -0.15) is 5.26 Å². The summed E-state index contributed by atoms with van der Waals surface area (Å²) < 4.78 is 11.0. The second kappa shape index (κ2) is 8.01. The smallest absolute Gasteiger partial charge is 0.305 e. The number of fused-ring (bicyclic) bond motifs is 3. The van der Waals surface area contributed by atoms with Crippen molar-refractivity contribution in [2.24, 2.45) is 0 Å². The van der Waals surface area contributed by atoms with Gasteiger partial charge in [-0.05, 0) is 52.9 Å². The van der Waals surface area contributed by atoms with Crippen LogP contribution in [0.4, 0.5) is 0 Å². The summed E-state index contributed by atoms with van der Waals surface area (Å²) in [4.78, 5) is 24.0. The van der Waals surface area contributed by atoms with E-state index in [1.54, 1.807) is 12.1 Å². The maximum atomic E-state index is 13.5. The highest BCUT2D eigenvalue weighted by atomic mass is 16.5. The van der Waals surface area contributed by atoms with Crippen LogP contribution in [0, 0.1) is 11.3 Å². The summed E-state index contributed by atoms with van der Waals surface area (Å²) in [5.74, 6) is -0.342. The summed E-state index contributed by atoms with van der Waals surface area (Å²) >= 11 is 0. The minimum absolute atomic E-state index is 0.0176. The number of ether oxygens (including phenoxy) is 2. The van der Waals surface area contributed by atoms with Crippen LogP contribution in [0.2, 0.25) is 0 Å². The molecule has 2 aromatic rings. The Labute approximate surface area is 180 Å². The maximum Gasteiger partial charge on any atom is 0.305 e. The normalized spacial score (nSPS) is 15.7. The lowest BCUT2D eigenvalue weighted by Crippen LogP contribution is -2.29. The number of hydrogen-bond acceptors (Lipinski definition) is 5. The Morgan fingerprint density at radius 2 is 1.94 bits per heavy atom. The first kappa shape index (κ1) is 20.8. The van der Waals surface area contributed by atoms with Crippen LogP contribution in [0.5, 0.6) is 5.75 Å². The molecule has 2 aromatic carbocycles. The number of Topliss-reactive ketones (excluding diaryl/α,β-unsaturated/α-hetero) is 1. The molecule has 0 fully saturated rings. The second-order valence-electron chi connectivity index (χ2n) is 8.28. The van der Waals surface area contributed by atoms with E-state index in [9.17, 15) is 14.9 Å². The number of nitriles is 1.